The van der Waals surface area contributed by atoms with Crippen LogP contribution in [-0.4, -0.2) is 32.8 Å². The van der Waals surface area contributed by atoms with Crippen LogP contribution in [0.4, 0.5) is 4.79 Å². The molecule has 1 amide bonds. The Bertz CT molecular complexity index is 307. The topological polar surface area (TPSA) is 50.4 Å². The van der Waals surface area contributed by atoms with Gasteiger partial charge in [-0.15, -0.1) is 12.4 Å². The molecule has 96 valence electrons. The molecule has 0 atom stereocenters. The Morgan fingerprint density at radius 2 is 1.94 bits per heavy atom. The summed E-state index contributed by atoms with van der Waals surface area (Å²) in [5, 5.41) is 5.58. The van der Waals surface area contributed by atoms with E-state index in [1.807, 2.05) is 37.4 Å². The number of halogens is 1. The van der Waals surface area contributed by atoms with Crippen molar-refractivity contribution < 1.29 is 9.53 Å². The molecule has 2 N–H and O–H groups in total. The van der Waals surface area contributed by atoms with E-state index >= 15 is 0 Å². The molecule has 0 bridgehead atoms. The molecule has 5 heteroatoms. The van der Waals surface area contributed by atoms with Crippen LogP contribution in [0, 0.1) is 0 Å². The summed E-state index contributed by atoms with van der Waals surface area (Å²) in [4.78, 5) is 11.1. The lowest BCUT2D eigenvalue weighted by atomic mass is 10.2. The first-order chi connectivity index (χ1) is 7.83. The van der Waals surface area contributed by atoms with Crippen LogP contribution in [0.25, 0.3) is 0 Å². The van der Waals surface area contributed by atoms with Crippen LogP contribution in [0.5, 0.6) is 0 Å². The van der Waals surface area contributed by atoms with Crippen LogP contribution < -0.4 is 10.6 Å². The average Bonchev–Trinajstić information content (AvgIpc) is 2.31. The molecule has 0 aliphatic heterocycles. The third-order valence-corrected chi connectivity index (χ3v) is 2.11. The zero-order chi connectivity index (χ0) is 11.6. The van der Waals surface area contributed by atoms with Crippen LogP contribution >= 0.6 is 12.4 Å². The molecule has 0 saturated carbocycles. The van der Waals surface area contributed by atoms with E-state index in [9.17, 15) is 4.79 Å². The molecule has 0 aliphatic carbocycles. The quantitative estimate of drug-likeness (QED) is 0.762. The molecule has 0 fully saturated rings. The predicted octanol–water partition coefficient (Wildman–Crippen LogP) is 1.60. The minimum absolute atomic E-state index is 0. The third kappa shape index (κ3) is 7.60. The molecule has 0 saturated heterocycles. The largest absolute Gasteiger partial charge is 0.449 e. The molecular weight excluding hydrogens is 240 g/mol. The maximum absolute atomic E-state index is 11.1. The van der Waals surface area contributed by atoms with E-state index in [0.717, 1.165) is 13.0 Å². The van der Waals surface area contributed by atoms with Crippen LogP contribution in [0.3, 0.4) is 0 Å². The van der Waals surface area contributed by atoms with Crippen molar-refractivity contribution in [2.45, 2.75) is 6.42 Å². The molecule has 0 heterocycles. The van der Waals surface area contributed by atoms with Crippen molar-refractivity contribution in [3.8, 4) is 0 Å². The molecule has 1 aromatic carbocycles. The lowest BCUT2D eigenvalue weighted by Crippen LogP contribution is -2.31. The van der Waals surface area contributed by atoms with Gasteiger partial charge in [-0.3, -0.25) is 0 Å². The minimum Gasteiger partial charge on any atom is -0.449 e. The number of hydrogen-bond donors (Lipinski definition) is 2. The van der Waals surface area contributed by atoms with Gasteiger partial charge in [-0.25, -0.2) is 4.79 Å². The average molecular weight is 259 g/mol. The summed E-state index contributed by atoms with van der Waals surface area (Å²) in [7, 11) is 1.84. The first kappa shape index (κ1) is 15.7. The standard InChI is InChI=1S/C12H18N2O2.ClH/c1-13-8-9-14-12(15)16-10-7-11-5-3-2-4-6-11;/h2-6,13H,7-10H2,1H3,(H,14,15);1H. The smallest absolute Gasteiger partial charge is 0.407 e. The molecule has 1 rings (SSSR count). The second-order valence-electron chi connectivity index (χ2n) is 3.40. The monoisotopic (exact) mass is 258 g/mol. The molecule has 0 unspecified atom stereocenters. The maximum Gasteiger partial charge on any atom is 0.407 e. The number of ether oxygens (including phenoxy) is 1. The Kier molecular flexibility index (Phi) is 9.19. The normalized spacial score (nSPS) is 9.24. The van der Waals surface area contributed by atoms with Crippen molar-refractivity contribution in [1.82, 2.24) is 10.6 Å². The Hall–Kier alpha value is -1.26. The lowest BCUT2D eigenvalue weighted by Gasteiger charge is -2.06. The van der Waals surface area contributed by atoms with E-state index in [-0.39, 0.29) is 18.5 Å². The fraction of sp³-hybridized carbons (Fsp3) is 0.417. The highest BCUT2D eigenvalue weighted by atomic mass is 35.5. The SMILES string of the molecule is CNCCNC(=O)OCCc1ccccc1.Cl. The van der Waals surface area contributed by atoms with Gasteiger partial charge < -0.3 is 15.4 Å². The Balaban J connectivity index is 0.00000256. The van der Waals surface area contributed by atoms with E-state index < -0.39 is 0 Å². The summed E-state index contributed by atoms with van der Waals surface area (Å²) in [5.41, 5.74) is 1.17. The molecule has 0 spiro atoms. The fourth-order valence-corrected chi connectivity index (χ4v) is 1.25. The van der Waals surface area contributed by atoms with Crippen molar-refractivity contribution >= 4 is 18.5 Å². The van der Waals surface area contributed by atoms with E-state index in [4.69, 9.17) is 4.74 Å². The Labute approximate surface area is 108 Å². The summed E-state index contributed by atoms with van der Waals surface area (Å²) in [6.07, 6.45) is 0.395. The maximum atomic E-state index is 11.1. The van der Waals surface area contributed by atoms with Crippen LogP contribution in [0.15, 0.2) is 30.3 Å². The van der Waals surface area contributed by atoms with E-state index in [1.165, 1.54) is 5.56 Å². The summed E-state index contributed by atoms with van der Waals surface area (Å²) in [6.45, 7) is 1.74. The number of hydrogen-bond acceptors (Lipinski definition) is 3. The van der Waals surface area contributed by atoms with Crippen molar-refractivity contribution in [1.29, 1.82) is 0 Å². The second kappa shape index (κ2) is 9.93. The van der Waals surface area contributed by atoms with Crippen LogP contribution in [-0.2, 0) is 11.2 Å². The first-order valence-electron chi connectivity index (χ1n) is 5.42. The predicted molar refractivity (Wildman–Crippen MR) is 70.7 cm³/mol. The molecule has 0 radical (unpaired) electrons. The van der Waals surface area contributed by atoms with Gasteiger partial charge >= 0.3 is 6.09 Å². The van der Waals surface area contributed by atoms with Gasteiger partial charge in [-0.2, -0.15) is 0 Å². The van der Waals surface area contributed by atoms with Gasteiger partial charge in [0.1, 0.15) is 0 Å². The molecule has 0 aliphatic rings. The highest BCUT2D eigenvalue weighted by molar-refractivity contribution is 5.85. The summed E-state index contributed by atoms with van der Waals surface area (Å²) in [5.74, 6) is 0. The highest BCUT2D eigenvalue weighted by Crippen LogP contribution is 1.99. The second-order valence-corrected chi connectivity index (χ2v) is 3.40. The molecular formula is C12H19ClN2O2. The molecule has 17 heavy (non-hydrogen) atoms. The molecule has 1 aromatic rings. The van der Waals surface area contributed by atoms with Gasteiger partial charge in [0, 0.05) is 19.5 Å². The minimum atomic E-state index is -0.355. The number of carbonyl (C=O) groups excluding carboxylic acids is 1. The van der Waals surface area contributed by atoms with Gasteiger partial charge in [0.2, 0.25) is 0 Å². The summed E-state index contributed by atoms with van der Waals surface area (Å²) >= 11 is 0. The van der Waals surface area contributed by atoms with E-state index in [0.29, 0.717) is 13.2 Å². The van der Waals surface area contributed by atoms with Gasteiger partial charge in [0.15, 0.2) is 0 Å². The molecule has 4 nitrogen and oxygen atoms in total. The number of nitrogens with one attached hydrogen (secondary N) is 2. The number of rotatable bonds is 6. The zero-order valence-electron chi connectivity index (χ0n) is 9.94. The molecule has 0 aromatic heterocycles. The first-order valence-corrected chi connectivity index (χ1v) is 5.42. The Morgan fingerprint density at radius 1 is 1.24 bits per heavy atom. The van der Waals surface area contributed by atoms with E-state index in [1.54, 1.807) is 0 Å². The van der Waals surface area contributed by atoms with Crippen LogP contribution in [0.1, 0.15) is 5.56 Å². The van der Waals surface area contributed by atoms with Crippen molar-refractivity contribution in [2.24, 2.45) is 0 Å². The highest BCUT2D eigenvalue weighted by Gasteiger charge is 2.00. The number of likely N-dealkylation sites (N-methyl/N-ethyl adjacent to an activating group) is 1. The fourth-order valence-electron chi connectivity index (χ4n) is 1.25. The lowest BCUT2D eigenvalue weighted by molar-refractivity contribution is 0.147. The zero-order valence-corrected chi connectivity index (χ0v) is 10.8. The number of alkyl carbamates (subject to hydrolysis) is 1. The Morgan fingerprint density at radius 3 is 2.59 bits per heavy atom. The van der Waals surface area contributed by atoms with Gasteiger partial charge in [-0.1, -0.05) is 30.3 Å². The van der Waals surface area contributed by atoms with Gasteiger partial charge in [0.05, 0.1) is 6.61 Å². The van der Waals surface area contributed by atoms with Gasteiger partial charge in [-0.05, 0) is 12.6 Å². The van der Waals surface area contributed by atoms with Crippen molar-refractivity contribution in [3.63, 3.8) is 0 Å². The number of carbonyl (C=O) groups is 1. The van der Waals surface area contributed by atoms with Crippen LogP contribution in [0.2, 0.25) is 0 Å². The number of benzene rings is 1. The van der Waals surface area contributed by atoms with Crippen molar-refractivity contribution in [2.75, 3.05) is 26.7 Å². The summed E-state index contributed by atoms with van der Waals surface area (Å²) in [6, 6.07) is 9.95. The number of amides is 1. The summed E-state index contributed by atoms with van der Waals surface area (Å²) < 4.78 is 5.01. The third-order valence-electron chi connectivity index (χ3n) is 2.11. The van der Waals surface area contributed by atoms with E-state index in [2.05, 4.69) is 10.6 Å². The van der Waals surface area contributed by atoms with Crippen molar-refractivity contribution in [3.05, 3.63) is 35.9 Å². The van der Waals surface area contributed by atoms with Gasteiger partial charge in [0.25, 0.3) is 0 Å².